The smallest absolute Gasteiger partial charge is 0.293 e. The summed E-state index contributed by atoms with van der Waals surface area (Å²) in [5, 5.41) is 11.2. The van der Waals surface area contributed by atoms with Crippen molar-refractivity contribution in [2.75, 3.05) is 45.2 Å². The van der Waals surface area contributed by atoms with Crippen LogP contribution in [0.4, 0.5) is 11.4 Å². The van der Waals surface area contributed by atoms with E-state index in [0.717, 1.165) is 24.0 Å². The Morgan fingerprint density at radius 1 is 1.52 bits per heavy atom. The van der Waals surface area contributed by atoms with Crippen LogP contribution in [0.15, 0.2) is 22.7 Å². The second-order valence-corrected chi connectivity index (χ2v) is 6.34. The molecule has 1 aromatic carbocycles. The van der Waals surface area contributed by atoms with Gasteiger partial charge in [0.05, 0.1) is 17.6 Å². The number of anilines is 1. The highest BCUT2D eigenvalue weighted by molar-refractivity contribution is 9.10. The summed E-state index contributed by atoms with van der Waals surface area (Å²) in [6.07, 6.45) is 1.05. The SMILES string of the molecule is CN(C)CCO[C@@H]1CCN(c2ccc(Br)cc2[N+](=O)[O-])C1. The van der Waals surface area contributed by atoms with Gasteiger partial charge in [-0.25, -0.2) is 0 Å². The number of nitro benzene ring substituents is 1. The van der Waals surface area contributed by atoms with Gasteiger partial charge in [0.25, 0.3) is 5.69 Å². The highest BCUT2D eigenvalue weighted by Crippen LogP contribution is 2.33. The van der Waals surface area contributed by atoms with Gasteiger partial charge in [-0.15, -0.1) is 0 Å². The molecule has 1 atom stereocenters. The molecule has 0 N–H and O–H groups in total. The van der Waals surface area contributed by atoms with Gasteiger partial charge in [-0.3, -0.25) is 10.1 Å². The molecule has 0 aliphatic carbocycles. The second-order valence-electron chi connectivity index (χ2n) is 5.42. The van der Waals surface area contributed by atoms with E-state index in [9.17, 15) is 10.1 Å². The van der Waals surface area contributed by atoms with Crippen LogP contribution in [0, 0.1) is 10.1 Å². The third-order valence-electron chi connectivity index (χ3n) is 3.51. The minimum Gasteiger partial charge on any atom is -0.375 e. The van der Waals surface area contributed by atoms with Crippen LogP contribution in [-0.4, -0.2) is 56.3 Å². The van der Waals surface area contributed by atoms with E-state index in [4.69, 9.17) is 4.74 Å². The lowest BCUT2D eigenvalue weighted by Gasteiger charge is -2.19. The van der Waals surface area contributed by atoms with Crippen molar-refractivity contribution < 1.29 is 9.66 Å². The quantitative estimate of drug-likeness (QED) is 0.578. The Morgan fingerprint density at radius 2 is 2.29 bits per heavy atom. The number of likely N-dealkylation sites (N-methyl/N-ethyl adjacent to an activating group) is 1. The number of hydrogen-bond acceptors (Lipinski definition) is 5. The molecule has 1 fully saturated rings. The Morgan fingerprint density at radius 3 is 2.95 bits per heavy atom. The van der Waals surface area contributed by atoms with Crippen molar-refractivity contribution in [3.63, 3.8) is 0 Å². The molecule has 1 aromatic rings. The molecule has 0 saturated carbocycles. The van der Waals surface area contributed by atoms with Crippen LogP contribution in [0.2, 0.25) is 0 Å². The standard InChI is InChI=1S/C14H20BrN3O3/c1-16(2)7-8-21-12-5-6-17(10-12)13-4-3-11(15)9-14(13)18(19)20/h3-4,9,12H,5-8,10H2,1-2H3/t12-/m1/s1. The first-order valence-electron chi connectivity index (χ1n) is 6.92. The first kappa shape index (κ1) is 16.2. The summed E-state index contributed by atoms with van der Waals surface area (Å²) in [6.45, 7) is 3.06. The molecule has 21 heavy (non-hydrogen) atoms. The van der Waals surface area contributed by atoms with Gasteiger partial charge < -0.3 is 14.5 Å². The fourth-order valence-electron chi connectivity index (χ4n) is 2.40. The van der Waals surface area contributed by atoms with Crippen molar-refractivity contribution in [3.8, 4) is 0 Å². The molecule has 2 rings (SSSR count). The van der Waals surface area contributed by atoms with Gasteiger partial charge in [-0.1, -0.05) is 15.9 Å². The van der Waals surface area contributed by atoms with E-state index in [1.807, 2.05) is 25.1 Å². The maximum Gasteiger partial charge on any atom is 0.293 e. The van der Waals surface area contributed by atoms with Gasteiger partial charge in [-0.2, -0.15) is 0 Å². The predicted octanol–water partition coefficient (Wildman–Crippen LogP) is 2.51. The number of benzene rings is 1. The molecule has 7 heteroatoms. The van der Waals surface area contributed by atoms with Crippen molar-refractivity contribution in [2.45, 2.75) is 12.5 Å². The molecule has 0 unspecified atom stereocenters. The summed E-state index contributed by atoms with van der Waals surface area (Å²) in [4.78, 5) is 15.0. The lowest BCUT2D eigenvalue weighted by Crippen LogP contribution is -2.26. The molecule has 0 spiro atoms. The molecule has 116 valence electrons. The fraction of sp³-hybridized carbons (Fsp3) is 0.571. The largest absolute Gasteiger partial charge is 0.375 e. The maximum absolute atomic E-state index is 11.2. The summed E-state index contributed by atoms with van der Waals surface area (Å²) in [7, 11) is 4.02. The van der Waals surface area contributed by atoms with E-state index in [0.29, 0.717) is 18.8 Å². The zero-order valence-electron chi connectivity index (χ0n) is 12.3. The lowest BCUT2D eigenvalue weighted by molar-refractivity contribution is -0.384. The number of halogens is 1. The fourth-order valence-corrected chi connectivity index (χ4v) is 2.74. The molecule has 1 aliphatic rings. The molecule has 1 heterocycles. The molecule has 0 bridgehead atoms. The molecule has 0 radical (unpaired) electrons. The van der Waals surface area contributed by atoms with Crippen LogP contribution in [0.25, 0.3) is 0 Å². The van der Waals surface area contributed by atoms with E-state index in [1.165, 1.54) is 0 Å². The van der Waals surface area contributed by atoms with Gasteiger partial charge in [-0.05, 0) is 32.6 Å². The summed E-state index contributed by atoms with van der Waals surface area (Å²) in [6, 6.07) is 5.18. The lowest BCUT2D eigenvalue weighted by atomic mass is 10.2. The second kappa shape index (κ2) is 7.20. The van der Waals surface area contributed by atoms with Crippen molar-refractivity contribution in [1.82, 2.24) is 4.90 Å². The van der Waals surface area contributed by atoms with E-state index < -0.39 is 0 Å². The Bertz CT molecular complexity index is 510. The molecule has 6 nitrogen and oxygen atoms in total. The van der Waals surface area contributed by atoms with Crippen LogP contribution in [0.5, 0.6) is 0 Å². The van der Waals surface area contributed by atoms with Crippen molar-refractivity contribution in [3.05, 3.63) is 32.8 Å². The van der Waals surface area contributed by atoms with Gasteiger partial charge in [0, 0.05) is 30.2 Å². The summed E-state index contributed by atoms with van der Waals surface area (Å²) in [5.41, 5.74) is 0.806. The Labute approximate surface area is 132 Å². The van der Waals surface area contributed by atoms with E-state index in [-0.39, 0.29) is 16.7 Å². The summed E-state index contributed by atoms with van der Waals surface area (Å²) in [5.74, 6) is 0. The van der Waals surface area contributed by atoms with E-state index >= 15 is 0 Å². The van der Waals surface area contributed by atoms with Crippen molar-refractivity contribution in [1.29, 1.82) is 0 Å². The van der Waals surface area contributed by atoms with Gasteiger partial charge in [0.2, 0.25) is 0 Å². The first-order chi connectivity index (χ1) is 9.97. The van der Waals surface area contributed by atoms with Gasteiger partial charge in [0.1, 0.15) is 5.69 Å². The molecular weight excluding hydrogens is 338 g/mol. The van der Waals surface area contributed by atoms with E-state index in [1.54, 1.807) is 12.1 Å². The Kier molecular flexibility index (Phi) is 5.55. The summed E-state index contributed by atoms with van der Waals surface area (Å²) >= 11 is 3.28. The third-order valence-corrected chi connectivity index (χ3v) is 4.01. The van der Waals surface area contributed by atoms with Crippen molar-refractivity contribution >= 4 is 27.3 Å². The zero-order valence-corrected chi connectivity index (χ0v) is 13.9. The number of rotatable bonds is 6. The zero-order chi connectivity index (χ0) is 15.4. The molecular formula is C14H20BrN3O3. The molecule has 0 amide bonds. The number of nitrogens with zero attached hydrogens (tertiary/aromatic N) is 3. The predicted molar refractivity (Wildman–Crippen MR) is 85.9 cm³/mol. The average molecular weight is 358 g/mol. The van der Waals surface area contributed by atoms with Crippen LogP contribution in [0.3, 0.4) is 0 Å². The highest BCUT2D eigenvalue weighted by atomic mass is 79.9. The van der Waals surface area contributed by atoms with Crippen LogP contribution in [-0.2, 0) is 4.74 Å². The molecule has 1 aliphatic heterocycles. The summed E-state index contributed by atoms with van der Waals surface area (Å²) < 4.78 is 6.55. The topological polar surface area (TPSA) is 58.8 Å². The average Bonchev–Trinajstić information content (AvgIpc) is 2.86. The van der Waals surface area contributed by atoms with Gasteiger partial charge >= 0.3 is 0 Å². The molecule has 0 aromatic heterocycles. The van der Waals surface area contributed by atoms with Gasteiger partial charge in [0.15, 0.2) is 0 Å². The number of hydrogen-bond donors (Lipinski definition) is 0. The number of ether oxygens (including phenoxy) is 1. The monoisotopic (exact) mass is 357 g/mol. The van der Waals surface area contributed by atoms with Crippen molar-refractivity contribution in [2.24, 2.45) is 0 Å². The minimum absolute atomic E-state index is 0.137. The van der Waals surface area contributed by atoms with Crippen LogP contribution < -0.4 is 4.90 Å². The first-order valence-corrected chi connectivity index (χ1v) is 7.72. The Balaban J connectivity index is 1.99. The normalized spacial score (nSPS) is 18.5. The van der Waals surface area contributed by atoms with E-state index in [2.05, 4.69) is 20.8 Å². The Hall–Kier alpha value is -1.18. The molecule has 1 saturated heterocycles. The minimum atomic E-state index is -0.333. The van der Waals surface area contributed by atoms with Crippen LogP contribution in [0.1, 0.15) is 6.42 Å². The number of nitro groups is 1. The highest BCUT2D eigenvalue weighted by Gasteiger charge is 2.28. The van der Waals surface area contributed by atoms with Crippen LogP contribution >= 0.6 is 15.9 Å². The maximum atomic E-state index is 11.2. The third kappa shape index (κ3) is 4.39.